The van der Waals surface area contributed by atoms with Crippen LogP contribution in [0.5, 0.6) is 0 Å². The molecule has 1 amide bonds. The second-order valence-electron chi connectivity index (χ2n) is 7.65. The average Bonchev–Trinajstić information content (AvgIpc) is 2.44. The van der Waals surface area contributed by atoms with E-state index in [0.29, 0.717) is 25.6 Å². The molecule has 1 aliphatic heterocycles. The van der Waals surface area contributed by atoms with Gasteiger partial charge in [-0.3, -0.25) is 4.90 Å². The number of piperazine rings is 1. The van der Waals surface area contributed by atoms with Gasteiger partial charge in [0.05, 0.1) is 6.61 Å². The van der Waals surface area contributed by atoms with Crippen LogP contribution in [0.4, 0.5) is 4.79 Å². The summed E-state index contributed by atoms with van der Waals surface area (Å²) in [5, 5.41) is 0. The first-order valence-corrected chi connectivity index (χ1v) is 8.72. The Bertz CT molecular complexity index is 355. The summed E-state index contributed by atoms with van der Waals surface area (Å²) in [7, 11) is 0. The molecule has 0 bridgehead atoms. The third-order valence-electron chi connectivity index (χ3n) is 3.89. The second-order valence-corrected chi connectivity index (χ2v) is 7.65. The maximum absolute atomic E-state index is 12.2. The largest absolute Gasteiger partial charge is 0.444 e. The lowest BCUT2D eigenvalue weighted by atomic mass is 10.1. The molecule has 0 aromatic carbocycles. The Morgan fingerprint density at radius 2 is 1.96 bits per heavy atom. The Morgan fingerprint density at radius 1 is 1.26 bits per heavy atom. The molecule has 6 heteroatoms. The number of ether oxygens (including phenoxy) is 2. The fourth-order valence-corrected chi connectivity index (χ4v) is 2.51. The summed E-state index contributed by atoms with van der Waals surface area (Å²) in [4.78, 5) is 16.2. The molecule has 0 aromatic rings. The number of rotatable bonds is 7. The number of nitrogens with zero attached hydrogens (tertiary/aromatic N) is 2. The van der Waals surface area contributed by atoms with Crippen molar-refractivity contribution < 1.29 is 14.3 Å². The molecule has 1 heterocycles. The number of nitrogens with two attached hydrogens (primary N) is 1. The molecule has 1 unspecified atom stereocenters. The minimum absolute atomic E-state index is 0.171. The van der Waals surface area contributed by atoms with Crippen LogP contribution in [0, 0.1) is 5.92 Å². The van der Waals surface area contributed by atoms with E-state index in [4.69, 9.17) is 15.2 Å². The van der Waals surface area contributed by atoms with Crippen molar-refractivity contribution >= 4 is 6.09 Å². The Kier molecular flexibility index (Phi) is 8.29. The predicted molar refractivity (Wildman–Crippen MR) is 92.5 cm³/mol. The van der Waals surface area contributed by atoms with E-state index >= 15 is 0 Å². The van der Waals surface area contributed by atoms with E-state index in [9.17, 15) is 4.79 Å². The summed E-state index contributed by atoms with van der Waals surface area (Å²) in [5.74, 6) is 0.671. The van der Waals surface area contributed by atoms with Crippen LogP contribution in [0.15, 0.2) is 0 Å². The third kappa shape index (κ3) is 7.99. The van der Waals surface area contributed by atoms with Gasteiger partial charge in [-0.05, 0) is 33.1 Å². The molecule has 1 aliphatic rings. The van der Waals surface area contributed by atoms with Crippen LogP contribution in [-0.4, -0.2) is 73.5 Å². The van der Waals surface area contributed by atoms with E-state index in [1.807, 2.05) is 20.8 Å². The molecule has 0 radical (unpaired) electrons. The first-order chi connectivity index (χ1) is 10.7. The third-order valence-corrected chi connectivity index (χ3v) is 3.89. The van der Waals surface area contributed by atoms with Gasteiger partial charge in [-0.15, -0.1) is 0 Å². The number of carbonyl (C=O) groups excluding carboxylic acids is 1. The highest BCUT2D eigenvalue weighted by atomic mass is 16.6. The van der Waals surface area contributed by atoms with Gasteiger partial charge in [-0.1, -0.05) is 13.8 Å². The Morgan fingerprint density at radius 3 is 2.52 bits per heavy atom. The van der Waals surface area contributed by atoms with E-state index < -0.39 is 5.60 Å². The van der Waals surface area contributed by atoms with Crippen molar-refractivity contribution in [3.63, 3.8) is 0 Å². The molecule has 0 aliphatic carbocycles. The lowest BCUT2D eigenvalue weighted by Crippen LogP contribution is -2.58. The average molecular weight is 329 g/mol. The molecule has 1 rings (SSSR count). The first kappa shape index (κ1) is 20.2. The number of hydrogen-bond donors (Lipinski definition) is 1. The fourth-order valence-electron chi connectivity index (χ4n) is 2.51. The minimum atomic E-state index is -0.462. The van der Waals surface area contributed by atoms with Crippen LogP contribution in [0.3, 0.4) is 0 Å². The Hall–Kier alpha value is -0.850. The topological polar surface area (TPSA) is 68.0 Å². The van der Waals surface area contributed by atoms with Crippen molar-refractivity contribution in [2.45, 2.75) is 52.7 Å². The monoisotopic (exact) mass is 329 g/mol. The molecule has 23 heavy (non-hydrogen) atoms. The molecule has 136 valence electrons. The van der Waals surface area contributed by atoms with Gasteiger partial charge in [-0.25, -0.2) is 4.79 Å². The van der Waals surface area contributed by atoms with Crippen molar-refractivity contribution in [1.82, 2.24) is 9.80 Å². The quantitative estimate of drug-likeness (QED) is 0.723. The Balaban J connectivity index is 2.36. The summed E-state index contributed by atoms with van der Waals surface area (Å²) >= 11 is 0. The molecule has 0 saturated carbocycles. The predicted octanol–water partition coefficient (Wildman–Crippen LogP) is 1.93. The SMILES string of the molecule is CC(C)CCOCCN1CCN(C(=O)OC(C)(C)C)CC1CN. The van der Waals surface area contributed by atoms with Gasteiger partial charge in [0, 0.05) is 45.4 Å². The van der Waals surface area contributed by atoms with Crippen molar-refractivity contribution in [2.24, 2.45) is 11.7 Å². The highest BCUT2D eigenvalue weighted by Gasteiger charge is 2.30. The number of amides is 1. The summed E-state index contributed by atoms with van der Waals surface area (Å²) in [6, 6.07) is 0.171. The van der Waals surface area contributed by atoms with Crippen LogP contribution in [0.2, 0.25) is 0 Å². The van der Waals surface area contributed by atoms with E-state index in [-0.39, 0.29) is 12.1 Å². The summed E-state index contributed by atoms with van der Waals surface area (Å²) in [5.41, 5.74) is 5.43. The van der Waals surface area contributed by atoms with Gasteiger partial charge in [0.25, 0.3) is 0 Å². The van der Waals surface area contributed by atoms with E-state index in [0.717, 1.165) is 32.7 Å². The second kappa shape index (κ2) is 9.45. The van der Waals surface area contributed by atoms with Crippen molar-refractivity contribution in [3.8, 4) is 0 Å². The molecule has 2 N–H and O–H groups in total. The zero-order valence-corrected chi connectivity index (χ0v) is 15.5. The summed E-state index contributed by atoms with van der Waals surface area (Å²) in [6.45, 7) is 15.1. The minimum Gasteiger partial charge on any atom is -0.444 e. The van der Waals surface area contributed by atoms with E-state index in [1.54, 1.807) is 4.90 Å². The molecular weight excluding hydrogens is 294 g/mol. The van der Waals surface area contributed by atoms with Crippen molar-refractivity contribution in [3.05, 3.63) is 0 Å². The standard InChI is InChI=1S/C17H35N3O3/c1-14(2)6-10-22-11-9-19-7-8-20(13-15(19)12-18)16(21)23-17(3,4)5/h14-15H,6-13,18H2,1-5H3. The van der Waals surface area contributed by atoms with Crippen LogP contribution < -0.4 is 5.73 Å². The lowest BCUT2D eigenvalue weighted by Gasteiger charge is -2.41. The molecule has 1 fully saturated rings. The van der Waals surface area contributed by atoms with Gasteiger partial charge in [0.2, 0.25) is 0 Å². The van der Waals surface area contributed by atoms with Crippen molar-refractivity contribution in [2.75, 3.05) is 45.9 Å². The molecule has 1 saturated heterocycles. The van der Waals surface area contributed by atoms with Gasteiger partial charge in [-0.2, -0.15) is 0 Å². The zero-order chi connectivity index (χ0) is 17.5. The van der Waals surface area contributed by atoms with E-state index in [1.165, 1.54) is 0 Å². The van der Waals surface area contributed by atoms with Gasteiger partial charge < -0.3 is 20.1 Å². The maximum Gasteiger partial charge on any atom is 0.410 e. The number of hydrogen-bond acceptors (Lipinski definition) is 5. The van der Waals surface area contributed by atoms with Gasteiger partial charge in [0.1, 0.15) is 5.60 Å². The highest BCUT2D eigenvalue weighted by molar-refractivity contribution is 5.68. The van der Waals surface area contributed by atoms with Crippen LogP contribution in [0.1, 0.15) is 41.0 Å². The highest BCUT2D eigenvalue weighted by Crippen LogP contribution is 2.14. The molecular formula is C17H35N3O3. The van der Waals surface area contributed by atoms with Crippen LogP contribution >= 0.6 is 0 Å². The molecule has 1 atom stereocenters. The normalized spacial score (nSPS) is 20.1. The van der Waals surface area contributed by atoms with Crippen LogP contribution in [-0.2, 0) is 9.47 Å². The number of carbonyl (C=O) groups is 1. The Labute approximate surface area is 141 Å². The fraction of sp³-hybridized carbons (Fsp3) is 0.941. The van der Waals surface area contributed by atoms with Crippen LogP contribution in [0.25, 0.3) is 0 Å². The van der Waals surface area contributed by atoms with Crippen molar-refractivity contribution in [1.29, 1.82) is 0 Å². The zero-order valence-electron chi connectivity index (χ0n) is 15.5. The summed E-state index contributed by atoms with van der Waals surface area (Å²) in [6.07, 6.45) is 0.844. The smallest absolute Gasteiger partial charge is 0.410 e. The lowest BCUT2D eigenvalue weighted by molar-refractivity contribution is -0.000706. The first-order valence-electron chi connectivity index (χ1n) is 8.72. The van der Waals surface area contributed by atoms with Gasteiger partial charge in [0.15, 0.2) is 0 Å². The van der Waals surface area contributed by atoms with E-state index in [2.05, 4.69) is 18.7 Å². The van der Waals surface area contributed by atoms with Gasteiger partial charge >= 0.3 is 6.09 Å². The summed E-state index contributed by atoms with van der Waals surface area (Å²) < 4.78 is 11.1. The molecule has 6 nitrogen and oxygen atoms in total. The molecule has 0 spiro atoms. The molecule has 0 aromatic heterocycles. The maximum atomic E-state index is 12.2.